The van der Waals surface area contributed by atoms with Crippen molar-refractivity contribution >= 4 is 11.6 Å². The molecule has 1 aromatic rings. The van der Waals surface area contributed by atoms with Crippen molar-refractivity contribution in [1.82, 2.24) is 0 Å². The second kappa shape index (κ2) is 9.09. The fourth-order valence-electron chi connectivity index (χ4n) is 2.09. The molecule has 0 saturated carbocycles. The third kappa shape index (κ3) is 5.22. The van der Waals surface area contributed by atoms with Crippen LogP contribution in [0.3, 0.4) is 0 Å². The van der Waals surface area contributed by atoms with Gasteiger partial charge in [0.25, 0.3) is 0 Å². The first-order valence-corrected chi connectivity index (χ1v) is 7.83. The maximum absolute atomic E-state index is 6.24. The minimum Gasteiger partial charge on any atom is -0.493 e. The number of halogens is 1. The summed E-state index contributed by atoms with van der Waals surface area (Å²) in [6.07, 6.45) is 4.00. The Morgan fingerprint density at radius 3 is 2.35 bits per heavy atom. The Balaban J connectivity index is 2.79. The van der Waals surface area contributed by atoms with E-state index in [2.05, 4.69) is 6.92 Å². The van der Waals surface area contributed by atoms with E-state index >= 15 is 0 Å². The highest BCUT2D eigenvalue weighted by atomic mass is 35.5. The van der Waals surface area contributed by atoms with Gasteiger partial charge in [0.1, 0.15) is 11.5 Å². The summed E-state index contributed by atoms with van der Waals surface area (Å²) in [5.74, 6) is 1.55. The van der Waals surface area contributed by atoms with Crippen LogP contribution >= 0.6 is 11.6 Å². The standard InChI is InChI=1S/C16H26ClNO2/c1-4-13(18)9-7-8-12-10-14(17)16(20-6-3)11-15(12)19-5-2/h10-11,13H,4-9,18H2,1-3H3. The van der Waals surface area contributed by atoms with Gasteiger partial charge >= 0.3 is 0 Å². The lowest BCUT2D eigenvalue weighted by Gasteiger charge is -2.15. The van der Waals surface area contributed by atoms with Gasteiger partial charge in [0, 0.05) is 12.1 Å². The Kier molecular flexibility index (Phi) is 7.78. The molecule has 0 aromatic heterocycles. The zero-order valence-corrected chi connectivity index (χ0v) is 13.5. The van der Waals surface area contributed by atoms with Crippen LogP contribution in [0.25, 0.3) is 0 Å². The molecule has 0 aliphatic carbocycles. The summed E-state index contributed by atoms with van der Waals surface area (Å²) in [6, 6.07) is 4.13. The van der Waals surface area contributed by atoms with Gasteiger partial charge in [0.15, 0.2) is 0 Å². The summed E-state index contributed by atoms with van der Waals surface area (Å²) >= 11 is 6.24. The summed E-state index contributed by atoms with van der Waals surface area (Å²) < 4.78 is 11.2. The van der Waals surface area contributed by atoms with Gasteiger partial charge in [0.2, 0.25) is 0 Å². The smallest absolute Gasteiger partial charge is 0.141 e. The van der Waals surface area contributed by atoms with E-state index < -0.39 is 0 Å². The van der Waals surface area contributed by atoms with Gasteiger partial charge in [-0.3, -0.25) is 0 Å². The topological polar surface area (TPSA) is 44.5 Å². The van der Waals surface area contributed by atoms with E-state index in [1.54, 1.807) is 0 Å². The molecular formula is C16H26ClNO2. The molecule has 0 bridgehead atoms. The Morgan fingerprint density at radius 2 is 1.75 bits per heavy atom. The van der Waals surface area contributed by atoms with Crippen LogP contribution in [0.2, 0.25) is 5.02 Å². The number of aryl methyl sites for hydroxylation is 1. The van der Waals surface area contributed by atoms with E-state index in [9.17, 15) is 0 Å². The Bertz CT molecular complexity index is 410. The van der Waals surface area contributed by atoms with E-state index in [-0.39, 0.29) is 6.04 Å². The van der Waals surface area contributed by atoms with E-state index in [0.29, 0.717) is 24.0 Å². The first kappa shape index (κ1) is 17.1. The second-order valence-corrected chi connectivity index (χ2v) is 5.22. The van der Waals surface area contributed by atoms with Crippen molar-refractivity contribution in [3.05, 3.63) is 22.7 Å². The molecule has 3 nitrogen and oxygen atoms in total. The first-order chi connectivity index (χ1) is 9.62. The number of nitrogens with two attached hydrogens (primary N) is 1. The lowest BCUT2D eigenvalue weighted by atomic mass is 10.0. The zero-order valence-electron chi connectivity index (χ0n) is 12.7. The Labute approximate surface area is 127 Å². The van der Waals surface area contributed by atoms with Gasteiger partial charge in [0.05, 0.1) is 18.2 Å². The van der Waals surface area contributed by atoms with Gasteiger partial charge in [-0.2, -0.15) is 0 Å². The van der Waals surface area contributed by atoms with Gasteiger partial charge in [-0.15, -0.1) is 0 Å². The molecule has 1 aromatic carbocycles. The highest BCUT2D eigenvalue weighted by Crippen LogP contribution is 2.33. The molecule has 0 heterocycles. The van der Waals surface area contributed by atoms with Crippen molar-refractivity contribution in [1.29, 1.82) is 0 Å². The number of ether oxygens (including phenoxy) is 2. The molecule has 0 radical (unpaired) electrons. The molecular weight excluding hydrogens is 274 g/mol. The summed E-state index contributed by atoms with van der Waals surface area (Å²) in [4.78, 5) is 0. The summed E-state index contributed by atoms with van der Waals surface area (Å²) in [5, 5.41) is 0.644. The fraction of sp³-hybridized carbons (Fsp3) is 0.625. The molecule has 0 saturated heterocycles. The maximum Gasteiger partial charge on any atom is 0.141 e. The minimum absolute atomic E-state index is 0.281. The van der Waals surface area contributed by atoms with Crippen LogP contribution in [-0.2, 0) is 6.42 Å². The van der Waals surface area contributed by atoms with Crippen molar-refractivity contribution < 1.29 is 9.47 Å². The predicted octanol–water partition coefficient (Wildman–Crippen LogP) is 4.20. The number of hydrogen-bond acceptors (Lipinski definition) is 3. The normalized spacial score (nSPS) is 12.2. The average Bonchev–Trinajstić information content (AvgIpc) is 2.43. The van der Waals surface area contributed by atoms with Gasteiger partial charge in [-0.1, -0.05) is 18.5 Å². The molecule has 2 N–H and O–H groups in total. The molecule has 0 aliphatic rings. The minimum atomic E-state index is 0.281. The summed E-state index contributed by atoms with van der Waals surface area (Å²) in [6.45, 7) is 7.26. The molecule has 0 aliphatic heterocycles. The van der Waals surface area contributed by atoms with E-state index in [1.165, 1.54) is 0 Å². The van der Waals surface area contributed by atoms with E-state index in [4.69, 9.17) is 26.8 Å². The monoisotopic (exact) mass is 299 g/mol. The molecule has 1 unspecified atom stereocenters. The lowest BCUT2D eigenvalue weighted by molar-refractivity contribution is 0.320. The fourth-order valence-corrected chi connectivity index (χ4v) is 2.33. The number of hydrogen-bond donors (Lipinski definition) is 1. The van der Waals surface area contributed by atoms with Gasteiger partial charge < -0.3 is 15.2 Å². The molecule has 0 amide bonds. The van der Waals surface area contributed by atoms with Crippen LogP contribution in [0.1, 0.15) is 45.6 Å². The molecule has 1 atom stereocenters. The lowest BCUT2D eigenvalue weighted by Crippen LogP contribution is -2.18. The number of rotatable bonds is 9. The van der Waals surface area contributed by atoms with Gasteiger partial charge in [-0.25, -0.2) is 0 Å². The van der Waals surface area contributed by atoms with Crippen LogP contribution in [0.15, 0.2) is 12.1 Å². The van der Waals surface area contributed by atoms with E-state index in [1.807, 2.05) is 26.0 Å². The second-order valence-electron chi connectivity index (χ2n) is 4.82. The van der Waals surface area contributed by atoms with Crippen molar-refractivity contribution in [2.24, 2.45) is 5.73 Å². The third-order valence-corrected chi connectivity index (χ3v) is 3.56. The van der Waals surface area contributed by atoms with Crippen molar-refractivity contribution in [2.75, 3.05) is 13.2 Å². The maximum atomic E-state index is 6.24. The van der Waals surface area contributed by atoms with Gasteiger partial charge in [-0.05, 0) is 51.2 Å². The largest absolute Gasteiger partial charge is 0.493 e. The molecule has 0 spiro atoms. The quantitative estimate of drug-likeness (QED) is 0.743. The number of benzene rings is 1. The molecule has 0 fully saturated rings. The molecule has 20 heavy (non-hydrogen) atoms. The SMILES string of the molecule is CCOc1cc(OCC)c(CCCC(N)CC)cc1Cl. The molecule has 114 valence electrons. The zero-order chi connectivity index (χ0) is 15.0. The predicted molar refractivity (Wildman–Crippen MR) is 85.0 cm³/mol. The first-order valence-electron chi connectivity index (χ1n) is 7.45. The van der Waals surface area contributed by atoms with Crippen LogP contribution in [0, 0.1) is 0 Å². The van der Waals surface area contributed by atoms with Crippen LogP contribution < -0.4 is 15.2 Å². The Morgan fingerprint density at radius 1 is 1.10 bits per heavy atom. The van der Waals surface area contributed by atoms with E-state index in [0.717, 1.165) is 37.0 Å². The van der Waals surface area contributed by atoms with Crippen molar-refractivity contribution in [2.45, 2.75) is 52.5 Å². The van der Waals surface area contributed by atoms with Crippen LogP contribution in [0.4, 0.5) is 0 Å². The highest BCUT2D eigenvalue weighted by molar-refractivity contribution is 6.32. The average molecular weight is 300 g/mol. The summed E-state index contributed by atoms with van der Waals surface area (Å²) in [7, 11) is 0. The summed E-state index contributed by atoms with van der Waals surface area (Å²) in [5.41, 5.74) is 7.08. The van der Waals surface area contributed by atoms with Crippen LogP contribution in [0.5, 0.6) is 11.5 Å². The Hall–Kier alpha value is -0.930. The van der Waals surface area contributed by atoms with Crippen molar-refractivity contribution in [3.8, 4) is 11.5 Å². The molecule has 1 rings (SSSR count). The highest BCUT2D eigenvalue weighted by Gasteiger charge is 2.11. The third-order valence-electron chi connectivity index (χ3n) is 3.26. The van der Waals surface area contributed by atoms with Crippen LogP contribution in [-0.4, -0.2) is 19.3 Å². The van der Waals surface area contributed by atoms with Crippen molar-refractivity contribution in [3.63, 3.8) is 0 Å². The molecule has 4 heteroatoms.